The zero-order chi connectivity index (χ0) is 19.1. The van der Waals surface area contributed by atoms with Crippen molar-refractivity contribution in [2.75, 3.05) is 0 Å². The van der Waals surface area contributed by atoms with Gasteiger partial charge in [-0.25, -0.2) is 0 Å². The molecule has 3 rings (SSSR count). The zero-order valence-corrected chi connectivity index (χ0v) is 16.5. The van der Waals surface area contributed by atoms with Crippen molar-refractivity contribution in [1.82, 2.24) is 0 Å². The lowest BCUT2D eigenvalue weighted by Gasteiger charge is -2.37. The highest BCUT2D eigenvalue weighted by atomic mass is 19.1. The molecule has 0 saturated heterocycles. The third-order valence-corrected chi connectivity index (χ3v) is 6.85. The average molecular weight is 366 g/mol. The molecule has 144 valence electrons. The molecule has 1 nitrogen and oxygen atoms in total. The summed E-state index contributed by atoms with van der Waals surface area (Å²) in [4.78, 5) is 0. The molecule has 0 unspecified atom stereocenters. The predicted octanol–water partition coefficient (Wildman–Crippen LogP) is 7.26. The van der Waals surface area contributed by atoms with Gasteiger partial charge >= 0.3 is 0 Å². The van der Waals surface area contributed by atoms with E-state index < -0.39 is 5.83 Å². The second-order valence-corrected chi connectivity index (χ2v) is 8.39. The molecule has 0 atom stereocenters. The second-order valence-electron chi connectivity index (χ2n) is 8.39. The average Bonchev–Trinajstić information content (AvgIpc) is 2.74. The lowest BCUT2D eigenvalue weighted by molar-refractivity contribution is 0.171. The predicted molar refractivity (Wildman–Crippen MR) is 110 cm³/mol. The SMILES string of the molecule is CCc1ccc(C2CCC(C3CCC(C=CC=C(F)C#N)CC3)CC2)cc1. The first-order valence-electron chi connectivity index (χ1n) is 10.7. The number of benzene rings is 1. The van der Waals surface area contributed by atoms with Crippen molar-refractivity contribution in [2.24, 2.45) is 17.8 Å². The van der Waals surface area contributed by atoms with Crippen LogP contribution in [0.4, 0.5) is 4.39 Å². The van der Waals surface area contributed by atoms with Gasteiger partial charge in [-0.1, -0.05) is 43.3 Å². The summed E-state index contributed by atoms with van der Waals surface area (Å²) in [5.74, 6) is 2.38. The van der Waals surface area contributed by atoms with Crippen LogP contribution in [-0.2, 0) is 6.42 Å². The van der Waals surface area contributed by atoms with E-state index >= 15 is 0 Å². The number of allylic oxidation sites excluding steroid dienone is 4. The first-order chi connectivity index (χ1) is 13.2. The van der Waals surface area contributed by atoms with Crippen molar-refractivity contribution < 1.29 is 4.39 Å². The number of rotatable bonds is 5. The number of aryl methyl sites for hydroxylation is 1. The Morgan fingerprint density at radius 1 is 1.00 bits per heavy atom. The Morgan fingerprint density at radius 3 is 2.15 bits per heavy atom. The summed E-state index contributed by atoms with van der Waals surface area (Å²) >= 11 is 0. The molecule has 1 aromatic carbocycles. The first-order valence-corrected chi connectivity index (χ1v) is 10.7. The molecule has 2 aliphatic carbocycles. The molecular formula is C25H32FN. The Labute approximate surface area is 164 Å². The summed E-state index contributed by atoms with van der Waals surface area (Å²) in [5.41, 5.74) is 2.97. The Balaban J connectivity index is 1.43. The van der Waals surface area contributed by atoms with Crippen molar-refractivity contribution in [3.05, 3.63) is 59.4 Å². The minimum atomic E-state index is -0.707. The molecule has 0 aromatic heterocycles. The summed E-state index contributed by atoms with van der Waals surface area (Å²) in [7, 11) is 0. The van der Waals surface area contributed by atoms with E-state index in [2.05, 4.69) is 37.3 Å². The van der Waals surface area contributed by atoms with Gasteiger partial charge in [0, 0.05) is 0 Å². The van der Waals surface area contributed by atoms with Crippen molar-refractivity contribution in [3.8, 4) is 6.07 Å². The third kappa shape index (κ3) is 5.55. The van der Waals surface area contributed by atoms with Crippen LogP contribution in [0.5, 0.6) is 0 Å². The van der Waals surface area contributed by atoms with Gasteiger partial charge in [-0.15, -0.1) is 0 Å². The van der Waals surface area contributed by atoms with Gasteiger partial charge in [-0.05, 0) is 98.7 Å². The van der Waals surface area contributed by atoms with E-state index in [1.807, 2.05) is 0 Å². The molecule has 0 spiro atoms. The fourth-order valence-corrected chi connectivity index (χ4v) is 5.09. The Morgan fingerprint density at radius 2 is 1.59 bits per heavy atom. The Hall–Kier alpha value is -1.88. The topological polar surface area (TPSA) is 23.8 Å². The molecular weight excluding hydrogens is 333 g/mol. The molecule has 0 amide bonds. The van der Waals surface area contributed by atoms with Crippen LogP contribution < -0.4 is 0 Å². The van der Waals surface area contributed by atoms with Crippen molar-refractivity contribution in [1.29, 1.82) is 5.26 Å². The number of hydrogen-bond acceptors (Lipinski definition) is 1. The van der Waals surface area contributed by atoms with Crippen LogP contribution in [0.1, 0.15) is 75.3 Å². The third-order valence-electron chi connectivity index (χ3n) is 6.85. The van der Waals surface area contributed by atoms with Crippen LogP contribution >= 0.6 is 0 Å². The van der Waals surface area contributed by atoms with Crippen molar-refractivity contribution >= 4 is 0 Å². The maximum absolute atomic E-state index is 12.8. The van der Waals surface area contributed by atoms with Crippen LogP contribution in [0, 0.1) is 29.1 Å². The summed E-state index contributed by atoms with van der Waals surface area (Å²) in [6.45, 7) is 2.21. The summed E-state index contributed by atoms with van der Waals surface area (Å²) in [6, 6.07) is 10.8. The number of halogens is 1. The van der Waals surface area contributed by atoms with Gasteiger partial charge in [0.25, 0.3) is 0 Å². The van der Waals surface area contributed by atoms with E-state index in [-0.39, 0.29) is 0 Å². The van der Waals surface area contributed by atoms with Gasteiger partial charge in [-0.2, -0.15) is 9.65 Å². The molecule has 0 radical (unpaired) electrons. The van der Waals surface area contributed by atoms with Crippen LogP contribution in [0.2, 0.25) is 0 Å². The van der Waals surface area contributed by atoms with Gasteiger partial charge < -0.3 is 0 Å². The fraction of sp³-hybridized carbons (Fsp3) is 0.560. The van der Waals surface area contributed by atoms with E-state index in [9.17, 15) is 4.39 Å². The first kappa shape index (κ1) is 19.9. The molecule has 1 aromatic rings. The summed E-state index contributed by atoms with van der Waals surface area (Å²) in [6.07, 6.45) is 16.7. The lowest BCUT2D eigenvalue weighted by Crippen LogP contribution is -2.25. The van der Waals surface area contributed by atoms with Gasteiger partial charge in [-0.3, -0.25) is 0 Å². The van der Waals surface area contributed by atoms with E-state index in [1.54, 1.807) is 6.08 Å². The van der Waals surface area contributed by atoms with Crippen LogP contribution in [-0.4, -0.2) is 0 Å². The monoisotopic (exact) mass is 365 g/mol. The van der Waals surface area contributed by atoms with Gasteiger partial charge in [0.2, 0.25) is 0 Å². The molecule has 2 saturated carbocycles. The van der Waals surface area contributed by atoms with Crippen LogP contribution in [0.25, 0.3) is 0 Å². The van der Waals surface area contributed by atoms with Gasteiger partial charge in [0.15, 0.2) is 5.83 Å². The quantitative estimate of drug-likeness (QED) is 0.398. The van der Waals surface area contributed by atoms with E-state index in [0.717, 1.165) is 24.2 Å². The molecule has 0 aliphatic heterocycles. The van der Waals surface area contributed by atoms with Crippen molar-refractivity contribution in [2.45, 2.75) is 70.6 Å². The normalized spacial score (nSPS) is 29.6. The van der Waals surface area contributed by atoms with Crippen LogP contribution in [0.15, 0.2) is 48.3 Å². The number of nitriles is 1. The molecule has 0 bridgehead atoms. The summed E-state index contributed by atoms with van der Waals surface area (Å²) in [5, 5.41) is 8.44. The molecule has 2 aliphatic rings. The lowest BCUT2D eigenvalue weighted by atomic mass is 9.68. The highest BCUT2D eigenvalue weighted by molar-refractivity contribution is 5.25. The Bertz CT molecular complexity index is 678. The largest absolute Gasteiger partial charge is 0.199 e. The molecule has 0 N–H and O–H groups in total. The van der Waals surface area contributed by atoms with Gasteiger partial charge in [0.05, 0.1) is 0 Å². The Kier molecular flexibility index (Phi) is 7.27. The van der Waals surface area contributed by atoms with E-state index in [1.165, 1.54) is 74.6 Å². The smallest absolute Gasteiger partial charge is 0.195 e. The van der Waals surface area contributed by atoms with E-state index in [4.69, 9.17) is 5.26 Å². The zero-order valence-electron chi connectivity index (χ0n) is 16.5. The van der Waals surface area contributed by atoms with Crippen LogP contribution in [0.3, 0.4) is 0 Å². The molecule has 0 heterocycles. The fourth-order valence-electron chi connectivity index (χ4n) is 5.09. The summed E-state index contributed by atoms with van der Waals surface area (Å²) < 4.78 is 12.8. The van der Waals surface area contributed by atoms with Crippen molar-refractivity contribution in [3.63, 3.8) is 0 Å². The highest BCUT2D eigenvalue weighted by Crippen LogP contribution is 2.44. The second kappa shape index (κ2) is 9.88. The van der Waals surface area contributed by atoms with Gasteiger partial charge in [0.1, 0.15) is 6.07 Å². The maximum Gasteiger partial charge on any atom is 0.199 e. The minimum Gasteiger partial charge on any atom is -0.195 e. The van der Waals surface area contributed by atoms with E-state index in [0.29, 0.717) is 5.92 Å². The maximum atomic E-state index is 12.8. The molecule has 27 heavy (non-hydrogen) atoms. The number of hydrogen-bond donors (Lipinski definition) is 0. The molecule has 2 heteroatoms. The standard InChI is InChI=1S/C25H32FN/c1-2-19-6-10-21(11-7-19)23-14-16-24(17-15-23)22-12-8-20(9-13-22)4-3-5-25(26)18-27/h3-7,10-11,20,22-24H,2,8-9,12-17H2,1H3. The molecule has 2 fully saturated rings. The highest BCUT2D eigenvalue weighted by Gasteiger charge is 2.30. The minimum absolute atomic E-state index is 0.553. The number of nitrogens with zero attached hydrogens (tertiary/aromatic N) is 1.